The fraction of sp³-hybridized carbons (Fsp3) is 0.667. The highest BCUT2D eigenvalue weighted by Gasteiger charge is 2.21. The van der Waals surface area contributed by atoms with Crippen LogP contribution >= 0.6 is 0 Å². The smallest absolute Gasteiger partial charge is 0.279 e. The average molecular weight is 274 g/mol. The molecule has 0 aliphatic heterocycles. The van der Waals surface area contributed by atoms with Crippen molar-refractivity contribution in [2.75, 3.05) is 13.6 Å². The summed E-state index contributed by atoms with van der Waals surface area (Å²) in [6, 6.07) is 3.24. The summed E-state index contributed by atoms with van der Waals surface area (Å²) in [6.07, 6.45) is 1.82. The second-order valence-electron chi connectivity index (χ2n) is 4.47. The molecular formula is C12H22N2O3S. The van der Waals surface area contributed by atoms with Gasteiger partial charge in [0.2, 0.25) is 0 Å². The molecule has 6 heteroatoms. The largest absolute Gasteiger partial charge is 0.465 e. The standard InChI is InChI=1S/C12H22N2O3S/c1-5-6-9-14(4)18(15,16)13-11(3)12-8-7-10(2)17-12/h7-8,11,13H,5-6,9H2,1-4H3. The fourth-order valence-corrected chi connectivity index (χ4v) is 2.67. The second kappa shape index (κ2) is 6.36. The van der Waals surface area contributed by atoms with E-state index in [-0.39, 0.29) is 6.04 Å². The molecule has 0 saturated heterocycles. The molecule has 0 radical (unpaired) electrons. The highest BCUT2D eigenvalue weighted by atomic mass is 32.2. The second-order valence-corrected chi connectivity index (χ2v) is 6.28. The van der Waals surface area contributed by atoms with Gasteiger partial charge in [-0.3, -0.25) is 0 Å². The summed E-state index contributed by atoms with van der Waals surface area (Å²) in [5.74, 6) is 1.40. The number of furan rings is 1. The van der Waals surface area contributed by atoms with Crippen molar-refractivity contribution < 1.29 is 12.8 Å². The van der Waals surface area contributed by atoms with Crippen molar-refractivity contribution in [1.29, 1.82) is 0 Å². The summed E-state index contributed by atoms with van der Waals surface area (Å²) < 4.78 is 33.3. The minimum atomic E-state index is -3.45. The third-order valence-electron chi connectivity index (χ3n) is 2.75. The summed E-state index contributed by atoms with van der Waals surface area (Å²) in [5, 5.41) is 0. The first-order chi connectivity index (χ1) is 8.36. The molecule has 0 saturated carbocycles. The van der Waals surface area contributed by atoms with E-state index >= 15 is 0 Å². The van der Waals surface area contributed by atoms with Crippen LogP contribution in [0.3, 0.4) is 0 Å². The van der Waals surface area contributed by atoms with Crippen LogP contribution in [0.4, 0.5) is 0 Å². The van der Waals surface area contributed by atoms with Crippen molar-refractivity contribution in [3.8, 4) is 0 Å². The van der Waals surface area contributed by atoms with Gasteiger partial charge in [0.25, 0.3) is 10.2 Å². The number of unbranched alkanes of at least 4 members (excludes halogenated alkanes) is 1. The van der Waals surface area contributed by atoms with Crippen LogP contribution in [0.1, 0.15) is 44.3 Å². The molecule has 1 aromatic rings. The number of hydrogen-bond donors (Lipinski definition) is 1. The summed E-state index contributed by atoms with van der Waals surface area (Å²) in [6.45, 7) is 6.15. The van der Waals surface area contributed by atoms with Gasteiger partial charge >= 0.3 is 0 Å². The van der Waals surface area contributed by atoms with Crippen molar-refractivity contribution >= 4 is 10.2 Å². The lowest BCUT2D eigenvalue weighted by molar-refractivity contribution is 0.415. The maximum Gasteiger partial charge on any atom is 0.279 e. The molecule has 5 nitrogen and oxygen atoms in total. The Morgan fingerprint density at radius 2 is 2.11 bits per heavy atom. The Labute approximate surface area is 109 Å². The zero-order valence-electron chi connectivity index (χ0n) is 11.4. The van der Waals surface area contributed by atoms with Gasteiger partial charge in [0.05, 0.1) is 6.04 Å². The number of nitrogens with one attached hydrogen (secondary N) is 1. The first-order valence-electron chi connectivity index (χ1n) is 6.16. The van der Waals surface area contributed by atoms with Crippen LogP contribution < -0.4 is 4.72 Å². The van der Waals surface area contributed by atoms with E-state index in [4.69, 9.17) is 4.42 Å². The maximum absolute atomic E-state index is 12.0. The lowest BCUT2D eigenvalue weighted by Crippen LogP contribution is -2.39. The van der Waals surface area contributed by atoms with Gasteiger partial charge in [-0.1, -0.05) is 13.3 Å². The number of aryl methyl sites for hydroxylation is 1. The van der Waals surface area contributed by atoms with E-state index in [1.54, 1.807) is 20.0 Å². The Balaban J connectivity index is 2.65. The Hall–Kier alpha value is -0.850. The predicted octanol–water partition coefficient (Wildman–Crippen LogP) is 2.22. The third-order valence-corrected chi connectivity index (χ3v) is 4.41. The van der Waals surface area contributed by atoms with Crippen LogP contribution in [0.25, 0.3) is 0 Å². The van der Waals surface area contributed by atoms with Gasteiger partial charge in [0.15, 0.2) is 0 Å². The summed E-state index contributed by atoms with van der Waals surface area (Å²) in [5.41, 5.74) is 0. The normalized spacial score (nSPS) is 14.1. The van der Waals surface area contributed by atoms with E-state index in [1.807, 2.05) is 19.9 Å². The Morgan fingerprint density at radius 1 is 1.44 bits per heavy atom. The quantitative estimate of drug-likeness (QED) is 0.829. The number of nitrogens with zero attached hydrogens (tertiary/aromatic N) is 1. The lowest BCUT2D eigenvalue weighted by Gasteiger charge is -2.20. The molecule has 1 unspecified atom stereocenters. The van der Waals surface area contributed by atoms with E-state index in [1.165, 1.54) is 4.31 Å². The fourth-order valence-electron chi connectivity index (χ4n) is 1.56. The minimum absolute atomic E-state index is 0.368. The lowest BCUT2D eigenvalue weighted by atomic mass is 10.3. The molecule has 104 valence electrons. The molecule has 1 aromatic heterocycles. The van der Waals surface area contributed by atoms with Crippen molar-refractivity contribution in [1.82, 2.24) is 9.03 Å². The number of hydrogen-bond acceptors (Lipinski definition) is 3. The molecule has 1 atom stereocenters. The van der Waals surface area contributed by atoms with Gasteiger partial charge in [0, 0.05) is 13.6 Å². The van der Waals surface area contributed by atoms with E-state index in [0.29, 0.717) is 12.3 Å². The molecule has 0 bridgehead atoms. The van der Waals surface area contributed by atoms with Crippen LogP contribution in [0.5, 0.6) is 0 Å². The molecule has 1 heterocycles. The Morgan fingerprint density at radius 3 is 2.61 bits per heavy atom. The maximum atomic E-state index is 12.0. The Bertz CT molecular complexity index is 467. The zero-order valence-corrected chi connectivity index (χ0v) is 12.3. The van der Waals surface area contributed by atoms with Crippen molar-refractivity contribution in [2.45, 2.75) is 39.7 Å². The zero-order chi connectivity index (χ0) is 13.8. The van der Waals surface area contributed by atoms with Gasteiger partial charge in [-0.2, -0.15) is 17.4 Å². The van der Waals surface area contributed by atoms with Crippen LogP contribution in [0.2, 0.25) is 0 Å². The van der Waals surface area contributed by atoms with Gasteiger partial charge in [-0.05, 0) is 32.4 Å². The monoisotopic (exact) mass is 274 g/mol. The molecule has 1 N–H and O–H groups in total. The van der Waals surface area contributed by atoms with Crippen LogP contribution in [0.15, 0.2) is 16.5 Å². The minimum Gasteiger partial charge on any atom is -0.465 e. The van der Waals surface area contributed by atoms with E-state index in [0.717, 1.165) is 18.6 Å². The molecule has 0 spiro atoms. The first-order valence-corrected chi connectivity index (χ1v) is 7.60. The summed E-state index contributed by atoms with van der Waals surface area (Å²) in [7, 11) is -1.87. The van der Waals surface area contributed by atoms with Gasteiger partial charge < -0.3 is 4.42 Å². The highest BCUT2D eigenvalue weighted by molar-refractivity contribution is 7.87. The van der Waals surface area contributed by atoms with Crippen LogP contribution in [-0.2, 0) is 10.2 Å². The topological polar surface area (TPSA) is 62.6 Å². The first kappa shape index (κ1) is 15.2. The molecule has 0 amide bonds. The SMILES string of the molecule is CCCCN(C)S(=O)(=O)NC(C)c1ccc(C)o1. The van der Waals surface area contributed by atoms with Crippen molar-refractivity contribution in [3.63, 3.8) is 0 Å². The number of rotatable bonds is 7. The van der Waals surface area contributed by atoms with Crippen molar-refractivity contribution in [2.24, 2.45) is 0 Å². The molecule has 1 rings (SSSR count). The molecule has 0 aliphatic rings. The Kier molecular flexibility index (Phi) is 5.37. The summed E-state index contributed by atoms with van der Waals surface area (Å²) in [4.78, 5) is 0. The van der Waals surface area contributed by atoms with Gasteiger partial charge in [-0.15, -0.1) is 0 Å². The van der Waals surface area contributed by atoms with E-state index < -0.39 is 10.2 Å². The van der Waals surface area contributed by atoms with E-state index in [9.17, 15) is 8.42 Å². The van der Waals surface area contributed by atoms with E-state index in [2.05, 4.69) is 4.72 Å². The summed E-state index contributed by atoms with van der Waals surface area (Å²) >= 11 is 0. The third kappa shape index (κ3) is 4.12. The molecular weight excluding hydrogens is 252 g/mol. The van der Waals surface area contributed by atoms with Crippen molar-refractivity contribution in [3.05, 3.63) is 23.7 Å². The molecule has 0 aromatic carbocycles. The van der Waals surface area contributed by atoms with Crippen LogP contribution in [-0.4, -0.2) is 26.3 Å². The van der Waals surface area contributed by atoms with Gasteiger partial charge in [-0.25, -0.2) is 0 Å². The van der Waals surface area contributed by atoms with Gasteiger partial charge in [0.1, 0.15) is 11.5 Å². The van der Waals surface area contributed by atoms with Crippen LogP contribution in [0, 0.1) is 6.92 Å². The predicted molar refractivity (Wildman–Crippen MR) is 71.5 cm³/mol. The average Bonchev–Trinajstić information content (AvgIpc) is 2.72. The highest BCUT2D eigenvalue weighted by Crippen LogP contribution is 2.17. The molecule has 18 heavy (non-hydrogen) atoms. The molecule has 0 aliphatic carbocycles. The molecule has 0 fully saturated rings.